The Kier molecular flexibility index (Phi) is 5.75. The van der Waals surface area contributed by atoms with Crippen molar-refractivity contribution in [3.05, 3.63) is 28.5 Å². The molecule has 2 heterocycles. The van der Waals surface area contributed by atoms with E-state index in [9.17, 15) is 4.79 Å². The summed E-state index contributed by atoms with van der Waals surface area (Å²) in [6.45, 7) is 7.78. The standard InChI is InChI=1S/C20H29BrN2O3/c1-18(2,3)26-17(24)13-25-20(15-4-10-22-12-16(15)21)7-5-19(6-8-20)9-11-23-14-19/h4,10,12,23H,5-9,11,13-14H2,1-3H3. The number of carbonyl (C=O) groups is 1. The molecule has 0 amide bonds. The minimum Gasteiger partial charge on any atom is -0.458 e. The third kappa shape index (κ3) is 4.46. The van der Waals surface area contributed by atoms with E-state index >= 15 is 0 Å². The molecule has 1 aromatic heterocycles. The number of ether oxygens (including phenoxy) is 2. The average molecular weight is 425 g/mol. The van der Waals surface area contributed by atoms with Crippen LogP contribution in [0.4, 0.5) is 0 Å². The highest BCUT2D eigenvalue weighted by atomic mass is 79.9. The molecule has 6 heteroatoms. The van der Waals surface area contributed by atoms with Crippen molar-refractivity contribution in [2.45, 2.75) is 64.1 Å². The van der Waals surface area contributed by atoms with Gasteiger partial charge in [-0.3, -0.25) is 4.98 Å². The van der Waals surface area contributed by atoms with Crippen LogP contribution in [0, 0.1) is 5.41 Å². The van der Waals surface area contributed by atoms with Crippen molar-refractivity contribution in [3.8, 4) is 0 Å². The first-order valence-electron chi connectivity index (χ1n) is 9.40. The van der Waals surface area contributed by atoms with Crippen molar-refractivity contribution >= 4 is 21.9 Å². The molecule has 1 spiro atoms. The molecule has 0 aromatic carbocycles. The maximum Gasteiger partial charge on any atom is 0.332 e. The van der Waals surface area contributed by atoms with Crippen LogP contribution in [0.25, 0.3) is 0 Å². The number of nitrogens with zero attached hydrogens (tertiary/aromatic N) is 1. The first-order chi connectivity index (χ1) is 12.2. The van der Waals surface area contributed by atoms with Crippen molar-refractivity contribution in [2.75, 3.05) is 19.7 Å². The Morgan fingerprint density at radius 2 is 2.00 bits per heavy atom. The minimum absolute atomic E-state index is 0.0305. The fourth-order valence-corrected chi connectivity index (χ4v) is 4.82. The smallest absolute Gasteiger partial charge is 0.332 e. The number of halogens is 1. The van der Waals surface area contributed by atoms with E-state index in [1.165, 1.54) is 6.42 Å². The average Bonchev–Trinajstić information content (AvgIpc) is 3.02. The number of hydrogen-bond donors (Lipinski definition) is 1. The van der Waals surface area contributed by atoms with Crippen LogP contribution in [0.1, 0.15) is 58.4 Å². The van der Waals surface area contributed by atoms with E-state index in [0.29, 0.717) is 5.41 Å². The van der Waals surface area contributed by atoms with E-state index in [1.54, 1.807) is 12.4 Å². The number of nitrogens with one attached hydrogen (secondary N) is 1. The minimum atomic E-state index is -0.503. The second-order valence-electron chi connectivity index (χ2n) is 8.65. The van der Waals surface area contributed by atoms with Gasteiger partial charge in [-0.05, 0) is 86.8 Å². The van der Waals surface area contributed by atoms with Crippen LogP contribution in [-0.2, 0) is 19.9 Å². The summed E-state index contributed by atoms with van der Waals surface area (Å²) in [5, 5.41) is 3.50. The van der Waals surface area contributed by atoms with Crippen molar-refractivity contribution in [3.63, 3.8) is 0 Å². The van der Waals surface area contributed by atoms with Gasteiger partial charge in [0.2, 0.25) is 0 Å². The summed E-state index contributed by atoms with van der Waals surface area (Å²) in [5.74, 6) is -0.315. The molecule has 1 aromatic rings. The highest BCUT2D eigenvalue weighted by Gasteiger charge is 2.46. The number of rotatable bonds is 4. The summed E-state index contributed by atoms with van der Waals surface area (Å²) in [4.78, 5) is 16.4. The number of esters is 1. The van der Waals surface area contributed by atoms with Crippen LogP contribution in [0.3, 0.4) is 0 Å². The third-order valence-electron chi connectivity index (χ3n) is 5.60. The van der Waals surface area contributed by atoms with Gasteiger partial charge in [-0.25, -0.2) is 4.79 Å². The van der Waals surface area contributed by atoms with Gasteiger partial charge >= 0.3 is 5.97 Å². The zero-order chi connectivity index (χ0) is 18.8. The Balaban J connectivity index is 1.77. The van der Waals surface area contributed by atoms with Gasteiger partial charge in [0, 0.05) is 29.0 Å². The molecule has 2 fully saturated rings. The summed E-state index contributed by atoms with van der Waals surface area (Å²) in [7, 11) is 0. The number of carbonyl (C=O) groups excluding carboxylic acids is 1. The van der Waals surface area contributed by atoms with E-state index < -0.39 is 11.2 Å². The van der Waals surface area contributed by atoms with Crippen LogP contribution in [0.2, 0.25) is 0 Å². The lowest BCUT2D eigenvalue weighted by atomic mass is 9.66. The van der Waals surface area contributed by atoms with E-state index in [-0.39, 0.29) is 12.6 Å². The number of aromatic nitrogens is 1. The highest BCUT2D eigenvalue weighted by molar-refractivity contribution is 9.10. The molecule has 1 aliphatic heterocycles. The van der Waals surface area contributed by atoms with Gasteiger partial charge in [-0.2, -0.15) is 0 Å². The van der Waals surface area contributed by atoms with E-state index in [0.717, 1.165) is 48.8 Å². The fourth-order valence-electron chi connectivity index (χ4n) is 4.21. The first kappa shape index (κ1) is 19.8. The van der Waals surface area contributed by atoms with Gasteiger partial charge in [0.05, 0.1) is 5.60 Å². The summed E-state index contributed by atoms with van der Waals surface area (Å²) < 4.78 is 12.7. The molecular formula is C20H29BrN2O3. The summed E-state index contributed by atoms with van der Waals surface area (Å²) >= 11 is 3.63. The van der Waals surface area contributed by atoms with Crippen LogP contribution in [0.15, 0.2) is 22.9 Å². The molecule has 0 radical (unpaired) electrons. The Hall–Kier alpha value is -0.980. The maximum atomic E-state index is 12.2. The Morgan fingerprint density at radius 1 is 1.27 bits per heavy atom. The molecule has 0 atom stereocenters. The van der Waals surface area contributed by atoms with Gasteiger partial charge in [0.15, 0.2) is 0 Å². The van der Waals surface area contributed by atoms with Crippen LogP contribution in [0.5, 0.6) is 0 Å². The molecule has 1 saturated carbocycles. The molecule has 0 bridgehead atoms. The fraction of sp³-hybridized carbons (Fsp3) is 0.700. The summed E-state index contributed by atoms with van der Waals surface area (Å²) in [6, 6.07) is 2.00. The predicted molar refractivity (Wildman–Crippen MR) is 104 cm³/mol. The number of pyridine rings is 1. The summed E-state index contributed by atoms with van der Waals surface area (Å²) in [5.41, 5.74) is 0.499. The lowest BCUT2D eigenvalue weighted by molar-refractivity contribution is -0.172. The van der Waals surface area contributed by atoms with Crippen molar-refractivity contribution in [2.24, 2.45) is 5.41 Å². The molecule has 2 aliphatic rings. The zero-order valence-corrected chi connectivity index (χ0v) is 17.5. The Bertz CT molecular complexity index is 641. The molecule has 26 heavy (non-hydrogen) atoms. The lowest BCUT2D eigenvalue weighted by Crippen LogP contribution is -2.42. The van der Waals surface area contributed by atoms with Gasteiger partial charge < -0.3 is 14.8 Å². The zero-order valence-electron chi connectivity index (χ0n) is 15.9. The van der Waals surface area contributed by atoms with Gasteiger partial charge in [0.25, 0.3) is 0 Å². The molecule has 5 nitrogen and oxygen atoms in total. The normalized spacial score (nSPS) is 29.1. The van der Waals surface area contributed by atoms with Crippen molar-refractivity contribution < 1.29 is 14.3 Å². The molecule has 3 rings (SSSR count). The predicted octanol–water partition coefficient (Wildman–Crippen LogP) is 3.95. The molecule has 1 saturated heterocycles. The quantitative estimate of drug-likeness (QED) is 0.741. The lowest BCUT2D eigenvalue weighted by Gasteiger charge is -2.45. The Labute approximate surface area is 164 Å². The van der Waals surface area contributed by atoms with Gasteiger partial charge in [-0.1, -0.05) is 0 Å². The van der Waals surface area contributed by atoms with Crippen LogP contribution in [-0.4, -0.2) is 36.3 Å². The highest BCUT2D eigenvalue weighted by Crippen LogP contribution is 2.51. The van der Waals surface area contributed by atoms with Crippen LogP contribution < -0.4 is 5.32 Å². The largest absolute Gasteiger partial charge is 0.458 e. The molecule has 1 N–H and O–H groups in total. The van der Waals surface area contributed by atoms with Crippen molar-refractivity contribution in [1.29, 1.82) is 0 Å². The second-order valence-corrected chi connectivity index (χ2v) is 9.51. The first-order valence-corrected chi connectivity index (χ1v) is 10.2. The van der Waals surface area contributed by atoms with Gasteiger partial charge in [-0.15, -0.1) is 0 Å². The van der Waals surface area contributed by atoms with E-state index in [1.807, 2.05) is 26.8 Å². The molecule has 144 valence electrons. The molecule has 1 aliphatic carbocycles. The van der Waals surface area contributed by atoms with E-state index in [4.69, 9.17) is 9.47 Å². The SMILES string of the molecule is CC(C)(C)OC(=O)COC1(c2ccncc2Br)CCC2(CCNC2)CC1. The molecule has 0 unspecified atom stereocenters. The monoisotopic (exact) mass is 424 g/mol. The second kappa shape index (κ2) is 7.56. The van der Waals surface area contributed by atoms with E-state index in [2.05, 4.69) is 26.2 Å². The van der Waals surface area contributed by atoms with Gasteiger partial charge in [0.1, 0.15) is 12.2 Å². The third-order valence-corrected chi connectivity index (χ3v) is 6.23. The topological polar surface area (TPSA) is 60.5 Å². The van der Waals surface area contributed by atoms with Crippen LogP contribution >= 0.6 is 15.9 Å². The van der Waals surface area contributed by atoms with Crippen molar-refractivity contribution in [1.82, 2.24) is 10.3 Å². The summed E-state index contributed by atoms with van der Waals surface area (Å²) in [6.07, 6.45) is 8.83. The molecular weight excluding hydrogens is 396 g/mol. The Morgan fingerprint density at radius 3 is 2.58 bits per heavy atom. The maximum absolute atomic E-state index is 12.2. The number of hydrogen-bond acceptors (Lipinski definition) is 5.